The maximum Gasteiger partial charge on any atom is 0.407 e. The number of nitrogens with zero attached hydrogens (tertiary/aromatic N) is 2. The summed E-state index contributed by atoms with van der Waals surface area (Å²) in [4.78, 5) is 33.2. The lowest BCUT2D eigenvalue weighted by Gasteiger charge is -2.33. The van der Waals surface area contributed by atoms with Gasteiger partial charge in [-0.2, -0.15) is 0 Å². The van der Waals surface area contributed by atoms with E-state index in [1.807, 2.05) is 120 Å². The summed E-state index contributed by atoms with van der Waals surface area (Å²) in [6.07, 6.45) is 1.80. The Hall–Kier alpha value is -4.23. The van der Waals surface area contributed by atoms with Crippen LogP contribution in [0.4, 0.5) is 4.79 Å². The Morgan fingerprint density at radius 2 is 1.35 bits per heavy atom. The van der Waals surface area contributed by atoms with Crippen LogP contribution in [0.3, 0.4) is 0 Å². The third kappa shape index (κ3) is 9.65. The molecule has 7 heteroatoms. The molecular weight excluding hydrogens is 538 g/mol. The van der Waals surface area contributed by atoms with Crippen molar-refractivity contribution >= 4 is 23.0 Å². The number of hydrogen-bond donors (Lipinski definition) is 1. The minimum Gasteiger partial charge on any atom is -0.459 e. The van der Waals surface area contributed by atoms with Crippen molar-refractivity contribution in [3.8, 4) is 0 Å². The number of fused-ring (bicyclic) bond motifs is 1. The molecule has 226 valence electrons. The average molecular weight is 582 g/mol. The first-order valence-corrected chi connectivity index (χ1v) is 14.7. The summed E-state index contributed by atoms with van der Waals surface area (Å²) >= 11 is 0. The van der Waals surface area contributed by atoms with Gasteiger partial charge in [-0.25, -0.2) is 4.79 Å². The first kappa shape index (κ1) is 31.7. The number of alkyl carbamates (subject to hydrolysis) is 1. The first-order chi connectivity index (χ1) is 20.4. The molecule has 43 heavy (non-hydrogen) atoms. The van der Waals surface area contributed by atoms with Gasteiger partial charge in [0.15, 0.2) is 0 Å². The van der Waals surface area contributed by atoms with Gasteiger partial charge in [0.05, 0.1) is 5.52 Å². The van der Waals surface area contributed by atoms with E-state index in [1.165, 1.54) is 0 Å². The van der Waals surface area contributed by atoms with Crippen LogP contribution in [0.15, 0.2) is 91.1 Å². The number of amides is 1. The van der Waals surface area contributed by atoms with E-state index >= 15 is 0 Å². The van der Waals surface area contributed by atoms with Crippen molar-refractivity contribution < 1.29 is 19.1 Å². The average Bonchev–Trinajstić information content (AvgIpc) is 2.94. The van der Waals surface area contributed by atoms with Crippen molar-refractivity contribution in [2.45, 2.75) is 84.8 Å². The molecule has 0 bridgehead atoms. The van der Waals surface area contributed by atoms with E-state index in [0.717, 1.165) is 33.2 Å². The number of esters is 1. The predicted molar refractivity (Wildman–Crippen MR) is 170 cm³/mol. The number of carbonyl (C=O) groups excluding carboxylic acids is 2. The van der Waals surface area contributed by atoms with Gasteiger partial charge in [0, 0.05) is 31.2 Å². The number of pyridine rings is 1. The van der Waals surface area contributed by atoms with E-state index in [-0.39, 0.29) is 5.97 Å². The standard InChI is InChI=1S/C36H43N3O4/c1-35(2,3)42-33(40)31(22-26-14-8-7-9-15-26)39(25-30-19-12-18-27-20-13-21-37-32(27)30)24-29-17-11-10-16-28(29)23-38-34(41)43-36(4,5)6/h7-21,31H,22-25H2,1-6H3,(H,38,41)/t31-/m1/s1. The van der Waals surface area contributed by atoms with Crippen LogP contribution in [0.25, 0.3) is 10.9 Å². The molecule has 0 aliphatic rings. The number of benzene rings is 3. The molecule has 0 aliphatic carbocycles. The molecule has 1 amide bonds. The van der Waals surface area contributed by atoms with E-state index in [9.17, 15) is 9.59 Å². The van der Waals surface area contributed by atoms with Crippen molar-refractivity contribution in [3.05, 3.63) is 113 Å². The maximum atomic E-state index is 13.9. The van der Waals surface area contributed by atoms with Crippen LogP contribution in [0.2, 0.25) is 0 Å². The highest BCUT2D eigenvalue weighted by molar-refractivity contribution is 5.82. The van der Waals surface area contributed by atoms with E-state index in [4.69, 9.17) is 9.47 Å². The smallest absolute Gasteiger partial charge is 0.407 e. The second kappa shape index (κ2) is 13.8. The molecule has 3 aromatic carbocycles. The summed E-state index contributed by atoms with van der Waals surface area (Å²) < 4.78 is 11.5. The van der Waals surface area contributed by atoms with Gasteiger partial charge < -0.3 is 14.8 Å². The number of aromatic nitrogens is 1. The molecule has 0 unspecified atom stereocenters. The van der Waals surface area contributed by atoms with Gasteiger partial charge in [0.25, 0.3) is 0 Å². The highest BCUT2D eigenvalue weighted by Crippen LogP contribution is 2.25. The van der Waals surface area contributed by atoms with Gasteiger partial charge in [-0.15, -0.1) is 0 Å². The summed E-state index contributed by atoms with van der Waals surface area (Å²) in [5, 5.41) is 3.93. The van der Waals surface area contributed by atoms with Gasteiger partial charge in [0.2, 0.25) is 0 Å². The fourth-order valence-corrected chi connectivity index (χ4v) is 4.94. The molecule has 0 aliphatic heterocycles. The lowest BCUT2D eigenvalue weighted by atomic mass is 10.00. The Bertz CT molecular complexity index is 1520. The first-order valence-electron chi connectivity index (χ1n) is 14.7. The monoisotopic (exact) mass is 581 g/mol. The van der Waals surface area contributed by atoms with Crippen molar-refractivity contribution in [2.24, 2.45) is 0 Å². The van der Waals surface area contributed by atoms with E-state index in [2.05, 4.69) is 21.3 Å². The highest BCUT2D eigenvalue weighted by Gasteiger charge is 2.32. The summed E-state index contributed by atoms with van der Waals surface area (Å²) in [5.74, 6) is -0.283. The summed E-state index contributed by atoms with van der Waals surface area (Å²) in [7, 11) is 0. The lowest BCUT2D eigenvalue weighted by molar-refractivity contribution is -0.162. The molecule has 1 heterocycles. The Morgan fingerprint density at radius 3 is 2.05 bits per heavy atom. The molecule has 7 nitrogen and oxygen atoms in total. The molecular formula is C36H43N3O4. The zero-order valence-corrected chi connectivity index (χ0v) is 26.1. The zero-order chi connectivity index (χ0) is 31.0. The molecule has 1 aromatic heterocycles. The fourth-order valence-electron chi connectivity index (χ4n) is 4.94. The molecule has 1 N–H and O–H groups in total. The second-order valence-corrected chi connectivity index (χ2v) is 12.8. The lowest BCUT2D eigenvalue weighted by Crippen LogP contribution is -2.45. The number of ether oxygens (including phenoxy) is 2. The van der Waals surface area contributed by atoms with Gasteiger partial charge in [-0.3, -0.25) is 14.7 Å². The Balaban J connectivity index is 1.72. The molecule has 4 rings (SSSR count). The number of carbonyl (C=O) groups is 2. The Labute approximate surface area is 255 Å². The van der Waals surface area contributed by atoms with Crippen LogP contribution in [-0.2, 0) is 40.3 Å². The number of para-hydroxylation sites is 1. The minimum absolute atomic E-state index is 0.283. The van der Waals surface area contributed by atoms with Crippen molar-refractivity contribution in [1.82, 2.24) is 15.2 Å². The summed E-state index contributed by atoms with van der Waals surface area (Å²) in [6, 6.07) is 27.5. The third-order valence-electron chi connectivity index (χ3n) is 6.80. The Morgan fingerprint density at radius 1 is 0.744 bits per heavy atom. The maximum absolute atomic E-state index is 13.9. The molecule has 0 saturated carbocycles. The predicted octanol–water partition coefficient (Wildman–Crippen LogP) is 7.21. The summed E-state index contributed by atoms with van der Waals surface area (Å²) in [6.45, 7) is 12.4. The van der Waals surface area contributed by atoms with Gasteiger partial charge in [-0.05, 0) is 76.3 Å². The van der Waals surface area contributed by atoms with Crippen LogP contribution in [0.1, 0.15) is 63.8 Å². The number of hydrogen-bond acceptors (Lipinski definition) is 6. The molecule has 0 fully saturated rings. The van der Waals surface area contributed by atoms with Gasteiger partial charge >= 0.3 is 12.1 Å². The molecule has 0 spiro atoms. The normalized spacial score (nSPS) is 12.6. The van der Waals surface area contributed by atoms with Crippen molar-refractivity contribution in [2.75, 3.05) is 0 Å². The van der Waals surface area contributed by atoms with E-state index in [1.54, 1.807) is 6.20 Å². The van der Waals surface area contributed by atoms with Crippen molar-refractivity contribution in [3.63, 3.8) is 0 Å². The van der Waals surface area contributed by atoms with Crippen molar-refractivity contribution in [1.29, 1.82) is 0 Å². The molecule has 4 aromatic rings. The number of rotatable bonds is 10. The fraction of sp³-hybridized carbons (Fsp3) is 0.361. The Kier molecular flexibility index (Phi) is 10.2. The summed E-state index contributed by atoms with van der Waals surface area (Å²) in [5.41, 5.74) is 3.66. The molecule has 0 saturated heterocycles. The third-order valence-corrected chi connectivity index (χ3v) is 6.80. The zero-order valence-electron chi connectivity index (χ0n) is 26.1. The topological polar surface area (TPSA) is 80.8 Å². The minimum atomic E-state index is -0.645. The second-order valence-electron chi connectivity index (χ2n) is 12.8. The molecule has 0 radical (unpaired) electrons. The van der Waals surface area contributed by atoms with E-state index in [0.29, 0.717) is 26.1 Å². The quantitative estimate of drug-likeness (QED) is 0.199. The number of nitrogens with one attached hydrogen (secondary N) is 1. The van der Waals surface area contributed by atoms with Gasteiger partial charge in [0.1, 0.15) is 17.2 Å². The van der Waals surface area contributed by atoms with E-state index < -0.39 is 23.3 Å². The largest absolute Gasteiger partial charge is 0.459 e. The van der Waals surface area contributed by atoms with Crippen LogP contribution >= 0.6 is 0 Å². The van der Waals surface area contributed by atoms with Gasteiger partial charge in [-0.1, -0.05) is 78.9 Å². The molecule has 1 atom stereocenters. The SMILES string of the molecule is CC(C)(C)OC(=O)NCc1ccccc1CN(Cc1cccc2cccnc12)[C@H](Cc1ccccc1)C(=O)OC(C)(C)C. The van der Waals surface area contributed by atoms with Crippen LogP contribution in [0, 0.1) is 0 Å². The van der Waals surface area contributed by atoms with Crippen LogP contribution in [-0.4, -0.2) is 39.2 Å². The van der Waals surface area contributed by atoms with Crippen LogP contribution in [0.5, 0.6) is 0 Å². The van der Waals surface area contributed by atoms with Crippen LogP contribution < -0.4 is 5.32 Å². The highest BCUT2D eigenvalue weighted by atomic mass is 16.6.